The van der Waals surface area contributed by atoms with E-state index in [9.17, 15) is 14.7 Å². The molecule has 1 atom stereocenters. The number of amides is 1. The van der Waals surface area contributed by atoms with Gasteiger partial charge in [-0.1, -0.05) is 12.1 Å². The van der Waals surface area contributed by atoms with E-state index in [-0.39, 0.29) is 6.09 Å². The molecule has 1 aromatic carbocycles. The Labute approximate surface area is 147 Å². The first-order valence-electron chi connectivity index (χ1n) is 8.24. The highest BCUT2D eigenvalue weighted by molar-refractivity contribution is 5.72. The minimum Gasteiger partial charge on any atom is -0.544 e. The van der Waals surface area contributed by atoms with Gasteiger partial charge in [-0.05, 0) is 32.9 Å². The second kappa shape index (κ2) is 7.53. The number of hydrogen-bond donors (Lipinski definition) is 1. The molecule has 1 aliphatic heterocycles. The molecular formula is C18H23N3O4. The lowest BCUT2D eigenvalue weighted by atomic mass is 10.0. The predicted octanol–water partition coefficient (Wildman–Crippen LogP) is -0.515. The Kier molecular flexibility index (Phi) is 5.65. The van der Waals surface area contributed by atoms with Gasteiger partial charge in [-0.25, -0.2) is 4.79 Å². The second-order valence-electron chi connectivity index (χ2n) is 7.11. The summed E-state index contributed by atoms with van der Waals surface area (Å²) in [4.78, 5) is 26.2. The fourth-order valence-corrected chi connectivity index (χ4v) is 2.92. The first-order valence-corrected chi connectivity index (χ1v) is 8.24. The van der Waals surface area contributed by atoms with Crippen molar-refractivity contribution in [2.75, 3.05) is 26.2 Å². The highest BCUT2D eigenvalue weighted by atomic mass is 16.6. The Hall–Kier alpha value is -2.59. The van der Waals surface area contributed by atoms with E-state index in [2.05, 4.69) is 0 Å². The first kappa shape index (κ1) is 18.7. The molecule has 2 rings (SSSR count). The summed E-state index contributed by atoms with van der Waals surface area (Å²) in [5, 5.41) is 20.7. The Bertz CT molecular complexity index is 682. The number of aliphatic carboxylic acids is 1. The third-order valence-corrected chi connectivity index (χ3v) is 4.05. The molecule has 7 nitrogen and oxygen atoms in total. The van der Waals surface area contributed by atoms with Crippen LogP contribution in [0.1, 0.15) is 37.9 Å². The van der Waals surface area contributed by atoms with Crippen LogP contribution in [-0.2, 0) is 9.53 Å². The van der Waals surface area contributed by atoms with Gasteiger partial charge in [-0.3, -0.25) is 4.90 Å². The molecule has 134 valence electrons. The lowest BCUT2D eigenvalue weighted by Gasteiger charge is -2.37. The van der Waals surface area contributed by atoms with Crippen LogP contribution in [0, 0.1) is 11.3 Å². The van der Waals surface area contributed by atoms with E-state index in [1.54, 1.807) is 49.9 Å². The Morgan fingerprint density at radius 2 is 1.96 bits per heavy atom. The average Bonchev–Trinajstić information content (AvgIpc) is 2.54. The number of nitrogens with one attached hydrogen (secondary N) is 1. The number of carboxylic acids is 1. The van der Waals surface area contributed by atoms with Crippen molar-refractivity contribution in [3.8, 4) is 6.07 Å². The Morgan fingerprint density at radius 1 is 1.32 bits per heavy atom. The number of carboxylic acid groups (broad SMARTS) is 1. The normalized spacial score (nSPS) is 16.8. The molecule has 25 heavy (non-hydrogen) atoms. The lowest BCUT2D eigenvalue weighted by molar-refractivity contribution is -0.928. The van der Waals surface area contributed by atoms with Crippen molar-refractivity contribution in [1.29, 1.82) is 5.26 Å². The first-order chi connectivity index (χ1) is 11.7. The Balaban J connectivity index is 2.07. The molecule has 7 heteroatoms. The minimum atomic E-state index is -1.18. The van der Waals surface area contributed by atoms with Gasteiger partial charge in [-0.15, -0.1) is 0 Å². The lowest BCUT2D eigenvalue weighted by Crippen LogP contribution is -3.16. The van der Waals surface area contributed by atoms with Crippen molar-refractivity contribution in [1.82, 2.24) is 4.90 Å². The number of nitriles is 1. The average molecular weight is 345 g/mol. The highest BCUT2D eigenvalue weighted by Gasteiger charge is 2.33. The standard InChI is InChI=1S/C18H23N3O4/c1-18(2,3)25-17(24)21-9-7-20(8-10-21)15(16(22)23)14-6-4-5-13(11-14)12-19/h4-6,11,15H,7-10H2,1-3H3,(H,22,23)/t15-/m1/s1. The number of carbonyl (C=O) groups excluding carboxylic acids is 2. The van der Waals surface area contributed by atoms with E-state index in [1.165, 1.54) is 0 Å². The number of quaternary nitrogens is 1. The summed E-state index contributed by atoms with van der Waals surface area (Å²) in [7, 11) is 0. The van der Waals surface area contributed by atoms with Gasteiger partial charge < -0.3 is 19.5 Å². The minimum absolute atomic E-state index is 0.386. The number of nitrogens with zero attached hydrogens (tertiary/aromatic N) is 2. The van der Waals surface area contributed by atoms with E-state index in [0.29, 0.717) is 37.3 Å². The van der Waals surface area contributed by atoms with Crippen molar-refractivity contribution in [2.24, 2.45) is 0 Å². The van der Waals surface area contributed by atoms with Crippen LogP contribution in [0.3, 0.4) is 0 Å². The number of hydrogen-bond acceptors (Lipinski definition) is 5. The highest BCUT2D eigenvalue weighted by Crippen LogP contribution is 2.13. The molecule has 0 unspecified atom stereocenters. The number of benzene rings is 1. The number of rotatable bonds is 3. The van der Waals surface area contributed by atoms with Gasteiger partial charge in [-0.2, -0.15) is 5.26 Å². The monoisotopic (exact) mass is 345 g/mol. The largest absolute Gasteiger partial charge is 0.544 e. The van der Waals surface area contributed by atoms with E-state index >= 15 is 0 Å². The van der Waals surface area contributed by atoms with Crippen LogP contribution in [0.25, 0.3) is 0 Å². The maximum absolute atomic E-state index is 12.1. The predicted molar refractivity (Wildman–Crippen MR) is 87.4 cm³/mol. The maximum atomic E-state index is 12.1. The smallest absolute Gasteiger partial charge is 0.410 e. The summed E-state index contributed by atoms with van der Waals surface area (Å²) in [6, 6.07) is 7.71. The van der Waals surface area contributed by atoms with Gasteiger partial charge in [0, 0.05) is 5.56 Å². The van der Waals surface area contributed by atoms with Crippen LogP contribution < -0.4 is 10.0 Å². The van der Waals surface area contributed by atoms with Crippen LogP contribution in [0.15, 0.2) is 24.3 Å². The molecule has 0 spiro atoms. The molecule has 1 heterocycles. The zero-order valence-corrected chi connectivity index (χ0v) is 14.7. The number of ether oxygens (including phenoxy) is 1. The molecular weight excluding hydrogens is 322 g/mol. The van der Waals surface area contributed by atoms with Crippen molar-refractivity contribution in [2.45, 2.75) is 32.4 Å². The van der Waals surface area contributed by atoms with Crippen LogP contribution in [0.5, 0.6) is 0 Å². The van der Waals surface area contributed by atoms with Gasteiger partial charge in [0.25, 0.3) is 0 Å². The molecule has 0 aromatic heterocycles. The second-order valence-corrected chi connectivity index (χ2v) is 7.11. The summed E-state index contributed by atoms with van der Waals surface area (Å²) in [5.74, 6) is -1.18. The molecule has 0 saturated carbocycles. The quantitative estimate of drug-likeness (QED) is 0.795. The SMILES string of the molecule is CC(C)(C)OC(=O)N1CC[NH+]([C@@H](C(=O)[O-])c2cccc(C#N)c2)CC1. The molecule has 1 aromatic rings. The van der Waals surface area contributed by atoms with Gasteiger partial charge in [0.05, 0.1) is 37.8 Å². The third kappa shape index (κ3) is 4.94. The van der Waals surface area contributed by atoms with E-state index in [4.69, 9.17) is 10.00 Å². The summed E-state index contributed by atoms with van der Waals surface area (Å²) in [6.07, 6.45) is -0.386. The van der Waals surface area contributed by atoms with Crippen LogP contribution in [0.4, 0.5) is 4.79 Å². The maximum Gasteiger partial charge on any atom is 0.410 e. The zero-order chi connectivity index (χ0) is 18.6. The summed E-state index contributed by atoms with van der Waals surface area (Å²) >= 11 is 0. The van der Waals surface area contributed by atoms with Crippen molar-refractivity contribution >= 4 is 12.1 Å². The molecule has 0 radical (unpaired) electrons. The van der Waals surface area contributed by atoms with E-state index in [1.807, 2.05) is 6.07 Å². The van der Waals surface area contributed by atoms with Crippen LogP contribution in [-0.4, -0.2) is 48.7 Å². The Morgan fingerprint density at radius 3 is 2.48 bits per heavy atom. The fourth-order valence-electron chi connectivity index (χ4n) is 2.92. The van der Waals surface area contributed by atoms with Gasteiger partial charge in [0.1, 0.15) is 11.6 Å². The molecule has 1 amide bonds. The fraction of sp³-hybridized carbons (Fsp3) is 0.500. The number of carbonyl (C=O) groups is 2. The molecule has 1 N–H and O–H groups in total. The van der Waals surface area contributed by atoms with E-state index < -0.39 is 17.6 Å². The molecule has 0 aliphatic carbocycles. The molecule has 1 saturated heterocycles. The molecule has 1 aliphatic rings. The van der Waals surface area contributed by atoms with Crippen molar-refractivity contribution in [3.63, 3.8) is 0 Å². The van der Waals surface area contributed by atoms with E-state index in [0.717, 1.165) is 4.90 Å². The number of piperazine rings is 1. The van der Waals surface area contributed by atoms with Crippen molar-refractivity contribution in [3.05, 3.63) is 35.4 Å². The van der Waals surface area contributed by atoms with Gasteiger partial charge in [0.15, 0.2) is 6.04 Å². The van der Waals surface area contributed by atoms with Crippen LogP contribution in [0.2, 0.25) is 0 Å². The third-order valence-electron chi connectivity index (χ3n) is 4.05. The summed E-state index contributed by atoms with van der Waals surface area (Å²) in [5.41, 5.74) is 0.391. The topological polar surface area (TPSA) is 97.9 Å². The van der Waals surface area contributed by atoms with Gasteiger partial charge in [0.2, 0.25) is 0 Å². The van der Waals surface area contributed by atoms with Gasteiger partial charge >= 0.3 is 6.09 Å². The van der Waals surface area contributed by atoms with Crippen molar-refractivity contribution < 1.29 is 24.3 Å². The zero-order valence-electron chi connectivity index (χ0n) is 14.7. The summed E-state index contributed by atoms with van der Waals surface area (Å²) in [6.45, 7) is 7.17. The van der Waals surface area contributed by atoms with Crippen LogP contribution >= 0.6 is 0 Å². The summed E-state index contributed by atoms with van der Waals surface area (Å²) < 4.78 is 5.35. The molecule has 0 bridgehead atoms. The molecule has 1 fully saturated rings.